The van der Waals surface area contributed by atoms with Crippen molar-refractivity contribution in [2.45, 2.75) is 52.9 Å². The third-order valence-corrected chi connectivity index (χ3v) is 2.90. The van der Waals surface area contributed by atoms with Crippen molar-refractivity contribution in [1.29, 1.82) is 0 Å². The molecule has 0 aliphatic heterocycles. The van der Waals surface area contributed by atoms with E-state index in [-0.39, 0.29) is 0 Å². The van der Waals surface area contributed by atoms with Gasteiger partial charge in [0.25, 0.3) is 0 Å². The average molecular weight is 203 g/mol. The van der Waals surface area contributed by atoms with Gasteiger partial charge in [0.1, 0.15) is 0 Å². The summed E-state index contributed by atoms with van der Waals surface area (Å²) in [5.74, 6) is 1.63. The Morgan fingerprint density at radius 1 is 1.00 bits per heavy atom. The lowest BCUT2D eigenvalue weighted by Gasteiger charge is -2.17. The maximum Gasteiger partial charge on any atom is 0.00498 e. The molecule has 0 saturated carbocycles. The molecule has 0 N–H and O–H groups in total. The summed E-state index contributed by atoms with van der Waals surface area (Å²) >= 11 is 0. The van der Waals surface area contributed by atoms with Gasteiger partial charge in [-0.3, -0.25) is 0 Å². The predicted molar refractivity (Wildman–Crippen MR) is 68.0 cm³/mol. The Labute approximate surface area is 94.7 Å². The summed E-state index contributed by atoms with van der Waals surface area (Å²) in [7, 11) is 0. The molecule has 0 aliphatic rings. The van der Waals surface area contributed by atoms with Crippen LogP contribution in [-0.4, -0.2) is 0 Å². The van der Waals surface area contributed by atoms with Gasteiger partial charge in [0.2, 0.25) is 0 Å². The first-order valence-electron chi connectivity index (χ1n) is 6.26. The fourth-order valence-corrected chi connectivity index (χ4v) is 2.16. The SMILES string of the molecule is CCC[C](CC)c1ccccc1CCC. The summed E-state index contributed by atoms with van der Waals surface area (Å²) in [4.78, 5) is 0. The minimum atomic E-state index is 1.19. The summed E-state index contributed by atoms with van der Waals surface area (Å²) in [6.07, 6.45) is 6.14. The summed E-state index contributed by atoms with van der Waals surface area (Å²) < 4.78 is 0. The van der Waals surface area contributed by atoms with E-state index >= 15 is 0 Å². The zero-order chi connectivity index (χ0) is 11.1. The second-order valence-corrected chi connectivity index (χ2v) is 4.11. The highest BCUT2D eigenvalue weighted by Gasteiger charge is 2.12. The second-order valence-electron chi connectivity index (χ2n) is 4.11. The zero-order valence-corrected chi connectivity index (χ0v) is 10.3. The smallest absolute Gasteiger partial charge is 0.00498 e. The quantitative estimate of drug-likeness (QED) is 0.624. The van der Waals surface area contributed by atoms with Crippen molar-refractivity contribution in [3.05, 3.63) is 41.3 Å². The first kappa shape index (κ1) is 12.3. The van der Waals surface area contributed by atoms with Gasteiger partial charge in [0, 0.05) is 5.92 Å². The standard InChI is InChI=1S/C15H23/c1-4-9-13(6-3)15-12-8-7-11-14(15)10-5-2/h7-8,11-12H,4-6,9-10H2,1-3H3. The van der Waals surface area contributed by atoms with Gasteiger partial charge in [-0.1, -0.05) is 57.9 Å². The maximum atomic E-state index is 2.29. The van der Waals surface area contributed by atoms with Gasteiger partial charge in [0.05, 0.1) is 0 Å². The second kappa shape index (κ2) is 6.66. The van der Waals surface area contributed by atoms with Gasteiger partial charge < -0.3 is 0 Å². The van der Waals surface area contributed by atoms with Crippen molar-refractivity contribution in [3.63, 3.8) is 0 Å². The lowest BCUT2D eigenvalue weighted by molar-refractivity contribution is 0.758. The van der Waals surface area contributed by atoms with Gasteiger partial charge in [-0.15, -0.1) is 0 Å². The number of hydrogen-bond acceptors (Lipinski definition) is 0. The number of aryl methyl sites for hydroxylation is 1. The van der Waals surface area contributed by atoms with Crippen LogP contribution in [-0.2, 0) is 6.42 Å². The normalized spacial score (nSPS) is 10.9. The van der Waals surface area contributed by atoms with Crippen molar-refractivity contribution in [1.82, 2.24) is 0 Å². The summed E-state index contributed by atoms with van der Waals surface area (Å²) in [6.45, 7) is 6.79. The molecule has 15 heavy (non-hydrogen) atoms. The van der Waals surface area contributed by atoms with E-state index in [1.54, 1.807) is 5.92 Å². The first-order chi connectivity index (χ1) is 7.33. The minimum Gasteiger partial charge on any atom is -0.0654 e. The number of rotatable bonds is 6. The van der Waals surface area contributed by atoms with Gasteiger partial charge in [0.15, 0.2) is 0 Å². The minimum absolute atomic E-state index is 1.19. The Balaban J connectivity index is 2.88. The van der Waals surface area contributed by atoms with Crippen molar-refractivity contribution in [2.24, 2.45) is 0 Å². The molecule has 0 aromatic heterocycles. The molecule has 1 aromatic rings. The molecular weight excluding hydrogens is 180 g/mol. The van der Waals surface area contributed by atoms with Crippen LogP contribution in [0.15, 0.2) is 24.3 Å². The summed E-state index contributed by atoms with van der Waals surface area (Å²) in [6, 6.07) is 8.90. The molecule has 1 aromatic carbocycles. The molecule has 0 unspecified atom stereocenters. The van der Waals surface area contributed by atoms with Gasteiger partial charge in [-0.05, 0) is 30.4 Å². The van der Waals surface area contributed by atoms with Crippen LogP contribution >= 0.6 is 0 Å². The lowest BCUT2D eigenvalue weighted by Crippen LogP contribution is -2.02. The van der Waals surface area contributed by atoms with Crippen LogP contribution in [0.3, 0.4) is 0 Å². The van der Waals surface area contributed by atoms with Crippen molar-refractivity contribution < 1.29 is 0 Å². The molecule has 0 fully saturated rings. The Hall–Kier alpha value is -0.780. The average Bonchev–Trinajstić information content (AvgIpc) is 2.27. The Bertz CT molecular complexity index is 275. The molecule has 0 amide bonds. The molecule has 0 bridgehead atoms. The number of benzene rings is 1. The summed E-state index contributed by atoms with van der Waals surface area (Å²) in [5, 5.41) is 0. The van der Waals surface area contributed by atoms with Crippen LogP contribution in [0.25, 0.3) is 0 Å². The molecule has 1 radical (unpaired) electrons. The van der Waals surface area contributed by atoms with E-state index in [9.17, 15) is 0 Å². The van der Waals surface area contributed by atoms with Crippen LogP contribution in [0.2, 0.25) is 0 Å². The largest absolute Gasteiger partial charge is 0.0654 e. The van der Waals surface area contributed by atoms with Crippen molar-refractivity contribution in [2.75, 3.05) is 0 Å². The Morgan fingerprint density at radius 3 is 2.33 bits per heavy atom. The van der Waals surface area contributed by atoms with E-state index < -0.39 is 0 Å². The molecule has 0 spiro atoms. The van der Waals surface area contributed by atoms with E-state index in [4.69, 9.17) is 0 Å². The highest BCUT2D eigenvalue weighted by Crippen LogP contribution is 2.27. The van der Waals surface area contributed by atoms with Gasteiger partial charge in [-0.2, -0.15) is 0 Å². The van der Waals surface area contributed by atoms with E-state index in [0.717, 1.165) is 0 Å². The van der Waals surface area contributed by atoms with Crippen molar-refractivity contribution >= 4 is 0 Å². The van der Waals surface area contributed by atoms with E-state index in [1.807, 2.05) is 0 Å². The molecular formula is C15H23. The van der Waals surface area contributed by atoms with Crippen molar-refractivity contribution in [3.8, 4) is 0 Å². The maximum absolute atomic E-state index is 2.29. The highest BCUT2D eigenvalue weighted by molar-refractivity contribution is 5.38. The summed E-state index contributed by atoms with van der Waals surface area (Å²) in [5.41, 5.74) is 3.05. The Kier molecular flexibility index (Phi) is 5.45. The Morgan fingerprint density at radius 2 is 1.73 bits per heavy atom. The van der Waals surface area contributed by atoms with Crippen LogP contribution in [0, 0.1) is 5.92 Å². The molecule has 0 aliphatic carbocycles. The molecule has 0 saturated heterocycles. The zero-order valence-electron chi connectivity index (χ0n) is 10.3. The molecule has 0 atom stereocenters. The predicted octanol–water partition coefficient (Wildman–Crippen LogP) is 4.77. The van der Waals surface area contributed by atoms with Gasteiger partial charge >= 0.3 is 0 Å². The van der Waals surface area contributed by atoms with E-state index in [0.29, 0.717) is 0 Å². The fraction of sp³-hybridized carbons (Fsp3) is 0.533. The van der Waals surface area contributed by atoms with Crippen LogP contribution in [0.4, 0.5) is 0 Å². The molecule has 1 rings (SSSR count). The fourth-order valence-electron chi connectivity index (χ4n) is 2.16. The topological polar surface area (TPSA) is 0 Å². The lowest BCUT2D eigenvalue weighted by atomic mass is 9.87. The van der Waals surface area contributed by atoms with Gasteiger partial charge in [-0.25, -0.2) is 0 Å². The monoisotopic (exact) mass is 203 g/mol. The highest BCUT2D eigenvalue weighted by atomic mass is 14.2. The third-order valence-electron chi connectivity index (χ3n) is 2.90. The molecule has 83 valence electrons. The van der Waals surface area contributed by atoms with E-state index in [1.165, 1.54) is 43.2 Å². The van der Waals surface area contributed by atoms with Crippen LogP contribution in [0.5, 0.6) is 0 Å². The third kappa shape index (κ3) is 3.37. The molecule has 0 heterocycles. The molecule has 0 nitrogen and oxygen atoms in total. The first-order valence-corrected chi connectivity index (χ1v) is 6.26. The van der Waals surface area contributed by atoms with E-state index in [2.05, 4.69) is 45.0 Å². The van der Waals surface area contributed by atoms with Crippen LogP contribution < -0.4 is 0 Å². The number of hydrogen-bond donors (Lipinski definition) is 0. The molecule has 0 heteroatoms. The van der Waals surface area contributed by atoms with Crippen LogP contribution in [0.1, 0.15) is 57.6 Å².